The summed E-state index contributed by atoms with van der Waals surface area (Å²) < 4.78 is 5.50. The van der Waals surface area contributed by atoms with Crippen molar-refractivity contribution in [2.24, 2.45) is 0 Å². The quantitative estimate of drug-likeness (QED) is 0.915. The molecule has 2 amide bonds. The second kappa shape index (κ2) is 7.66. The molecule has 2 saturated heterocycles. The van der Waals surface area contributed by atoms with Crippen LogP contribution in [-0.4, -0.2) is 42.0 Å². The largest absolute Gasteiger partial charge is 0.368 e. The normalized spacial score (nSPS) is 23.1. The molecule has 2 atom stereocenters. The minimum Gasteiger partial charge on any atom is -0.368 e. The number of aryl methyl sites for hydroxylation is 1. The molecule has 1 N–H and O–H groups in total. The van der Waals surface area contributed by atoms with Gasteiger partial charge in [-0.3, -0.25) is 9.59 Å². The molecular formula is C19H23N3O3. The van der Waals surface area contributed by atoms with Gasteiger partial charge in [-0.15, -0.1) is 0 Å². The van der Waals surface area contributed by atoms with Crippen LogP contribution in [0, 0.1) is 18.3 Å². The van der Waals surface area contributed by atoms with Crippen LogP contribution in [0.2, 0.25) is 0 Å². The van der Waals surface area contributed by atoms with Crippen LogP contribution in [0.5, 0.6) is 0 Å². The molecule has 0 bridgehead atoms. The first-order valence-corrected chi connectivity index (χ1v) is 8.84. The molecular weight excluding hydrogens is 318 g/mol. The van der Waals surface area contributed by atoms with Crippen molar-refractivity contribution in [3.05, 3.63) is 29.3 Å². The zero-order chi connectivity index (χ0) is 17.8. The number of piperidine rings is 1. The number of anilines is 1. The standard InChI is InChI=1S/C19H23N3O3/c1-13-7-8-14(12-20)11-15(13)21-18(23)16-5-2-3-9-22(16)19(24)17-6-4-10-25-17/h7-8,11,16-17H,2-6,9-10H2,1H3,(H,21,23). The number of carbonyl (C=O) groups is 2. The van der Waals surface area contributed by atoms with Gasteiger partial charge in [0.25, 0.3) is 5.91 Å². The molecule has 6 nitrogen and oxygen atoms in total. The lowest BCUT2D eigenvalue weighted by Gasteiger charge is -2.36. The van der Waals surface area contributed by atoms with Gasteiger partial charge in [0.05, 0.1) is 11.6 Å². The Morgan fingerprint density at radius 1 is 1.28 bits per heavy atom. The lowest BCUT2D eigenvalue weighted by atomic mass is 9.99. The van der Waals surface area contributed by atoms with Crippen LogP contribution < -0.4 is 5.32 Å². The van der Waals surface area contributed by atoms with Crippen LogP contribution in [0.3, 0.4) is 0 Å². The van der Waals surface area contributed by atoms with Crippen molar-refractivity contribution >= 4 is 17.5 Å². The minimum atomic E-state index is -0.476. The van der Waals surface area contributed by atoms with Crippen molar-refractivity contribution in [2.75, 3.05) is 18.5 Å². The summed E-state index contributed by atoms with van der Waals surface area (Å²) >= 11 is 0. The van der Waals surface area contributed by atoms with E-state index in [1.807, 2.05) is 13.0 Å². The average molecular weight is 341 g/mol. The van der Waals surface area contributed by atoms with Crippen molar-refractivity contribution in [2.45, 2.75) is 51.2 Å². The Labute approximate surface area is 147 Å². The Balaban J connectivity index is 1.75. The van der Waals surface area contributed by atoms with Crippen molar-refractivity contribution in [3.8, 4) is 6.07 Å². The lowest BCUT2D eigenvalue weighted by molar-refractivity contribution is -0.148. The van der Waals surface area contributed by atoms with Gasteiger partial charge >= 0.3 is 0 Å². The van der Waals surface area contributed by atoms with Gasteiger partial charge in [0.1, 0.15) is 12.1 Å². The summed E-state index contributed by atoms with van der Waals surface area (Å²) in [5.74, 6) is -0.260. The fourth-order valence-electron chi connectivity index (χ4n) is 3.47. The molecule has 132 valence electrons. The summed E-state index contributed by atoms with van der Waals surface area (Å²) in [6.45, 7) is 3.09. The van der Waals surface area contributed by atoms with E-state index in [-0.39, 0.29) is 11.8 Å². The molecule has 0 saturated carbocycles. The fourth-order valence-corrected chi connectivity index (χ4v) is 3.47. The number of ether oxygens (including phenoxy) is 1. The molecule has 1 aromatic rings. The van der Waals surface area contributed by atoms with E-state index in [4.69, 9.17) is 10.00 Å². The van der Waals surface area contributed by atoms with Gasteiger partial charge in [0.15, 0.2) is 0 Å². The zero-order valence-corrected chi connectivity index (χ0v) is 14.5. The van der Waals surface area contributed by atoms with Crippen molar-refractivity contribution in [3.63, 3.8) is 0 Å². The summed E-state index contributed by atoms with van der Waals surface area (Å²) in [4.78, 5) is 27.2. The van der Waals surface area contributed by atoms with Crippen LogP contribution in [0.25, 0.3) is 0 Å². The molecule has 2 fully saturated rings. The Morgan fingerprint density at radius 3 is 2.84 bits per heavy atom. The van der Waals surface area contributed by atoms with Crippen molar-refractivity contribution in [1.29, 1.82) is 5.26 Å². The van der Waals surface area contributed by atoms with Gasteiger partial charge in [0, 0.05) is 18.8 Å². The first-order valence-electron chi connectivity index (χ1n) is 8.84. The number of carbonyl (C=O) groups excluding carboxylic acids is 2. The Morgan fingerprint density at radius 2 is 2.12 bits per heavy atom. The number of nitriles is 1. The van der Waals surface area contributed by atoms with E-state index in [9.17, 15) is 9.59 Å². The highest BCUT2D eigenvalue weighted by Gasteiger charge is 2.37. The van der Waals surface area contributed by atoms with Gasteiger partial charge in [0.2, 0.25) is 5.91 Å². The number of likely N-dealkylation sites (tertiary alicyclic amines) is 1. The summed E-state index contributed by atoms with van der Waals surface area (Å²) in [5, 5.41) is 11.9. The van der Waals surface area contributed by atoms with Crippen LogP contribution in [0.1, 0.15) is 43.2 Å². The Bertz CT molecular complexity index is 704. The van der Waals surface area contributed by atoms with Crippen LogP contribution in [0.15, 0.2) is 18.2 Å². The molecule has 2 heterocycles. The van der Waals surface area contributed by atoms with E-state index in [0.717, 1.165) is 31.2 Å². The molecule has 2 aliphatic heterocycles. The lowest BCUT2D eigenvalue weighted by Crippen LogP contribution is -2.53. The minimum absolute atomic E-state index is 0.0696. The molecule has 1 aromatic carbocycles. The third-order valence-electron chi connectivity index (χ3n) is 4.92. The molecule has 25 heavy (non-hydrogen) atoms. The number of nitrogens with zero attached hydrogens (tertiary/aromatic N) is 2. The summed E-state index contributed by atoms with van der Waals surface area (Å²) in [7, 11) is 0. The maximum Gasteiger partial charge on any atom is 0.252 e. The van der Waals surface area contributed by atoms with E-state index in [2.05, 4.69) is 11.4 Å². The van der Waals surface area contributed by atoms with Gasteiger partial charge in [-0.1, -0.05) is 6.07 Å². The molecule has 2 aliphatic rings. The molecule has 0 spiro atoms. The highest BCUT2D eigenvalue weighted by Crippen LogP contribution is 2.24. The maximum atomic E-state index is 12.8. The summed E-state index contributed by atoms with van der Waals surface area (Å²) in [6.07, 6.45) is 3.70. The first kappa shape index (κ1) is 17.4. The number of benzene rings is 1. The summed E-state index contributed by atoms with van der Waals surface area (Å²) in [5.41, 5.74) is 2.01. The van der Waals surface area contributed by atoms with Crippen LogP contribution in [-0.2, 0) is 14.3 Å². The second-order valence-electron chi connectivity index (χ2n) is 6.68. The van der Waals surface area contributed by atoms with Crippen LogP contribution >= 0.6 is 0 Å². The smallest absolute Gasteiger partial charge is 0.252 e. The molecule has 0 aromatic heterocycles. The second-order valence-corrected chi connectivity index (χ2v) is 6.68. The summed E-state index contributed by atoms with van der Waals surface area (Å²) in [6, 6.07) is 6.80. The van der Waals surface area contributed by atoms with E-state index >= 15 is 0 Å². The highest BCUT2D eigenvalue weighted by atomic mass is 16.5. The fraction of sp³-hybridized carbons (Fsp3) is 0.526. The van der Waals surface area contributed by atoms with E-state index in [1.54, 1.807) is 17.0 Å². The average Bonchev–Trinajstić information content (AvgIpc) is 3.17. The predicted octanol–water partition coefficient (Wildman–Crippen LogP) is 2.37. The first-order chi connectivity index (χ1) is 12.1. The maximum absolute atomic E-state index is 12.8. The van der Waals surface area contributed by atoms with Gasteiger partial charge < -0.3 is 15.0 Å². The van der Waals surface area contributed by atoms with Gasteiger partial charge in [-0.05, 0) is 56.7 Å². The van der Waals surface area contributed by atoms with E-state index < -0.39 is 12.1 Å². The predicted molar refractivity (Wildman–Crippen MR) is 92.8 cm³/mol. The van der Waals surface area contributed by atoms with Crippen molar-refractivity contribution < 1.29 is 14.3 Å². The Kier molecular flexibility index (Phi) is 5.34. The van der Waals surface area contributed by atoms with E-state index in [0.29, 0.717) is 30.8 Å². The molecule has 3 rings (SSSR count). The molecule has 0 aliphatic carbocycles. The topological polar surface area (TPSA) is 82.4 Å². The molecule has 0 radical (unpaired) electrons. The number of amides is 2. The highest BCUT2D eigenvalue weighted by molar-refractivity contribution is 5.98. The van der Waals surface area contributed by atoms with Crippen LogP contribution in [0.4, 0.5) is 5.69 Å². The number of hydrogen-bond donors (Lipinski definition) is 1. The Hall–Kier alpha value is -2.39. The third kappa shape index (κ3) is 3.83. The van der Waals surface area contributed by atoms with Crippen molar-refractivity contribution in [1.82, 2.24) is 4.90 Å². The van der Waals surface area contributed by atoms with Gasteiger partial charge in [-0.25, -0.2) is 0 Å². The van der Waals surface area contributed by atoms with E-state index in [1.165, 1.54) is 0 Å². The zero-order valence-electron chi connectivity index (χ0n) is 14.5. The molecule has 2 unspecified atom stereocenters. The monoisotopic (exact) mass is 341 g/mol. The number of rotatable bonds is 3. The third-order valence-corrected chi connectivity index (χ3v) is 4.92. The van der Waals surface area contributed by atoms with Gasteiger partial charge in [-0.2, -0.15) is 5.26 Å². The SMILES string of the molecule is Cc1ccc(C#N)cc1NC(=O)C1CCCCN1C(=O)C1CCCO1. The number of hydrogen-bond acceptors (Lipinski definition) is 4. The number of nitrogens with one attached hydrogen (secondary N) is 1. The molecule has 6 heteroatoms.